The van der Waals surface area contributed by atoms with Gasteiger partial charge >= 0.3 is 6.03 Å². The Balaban J connectivity index is 2.04. The second-order valence-electron chi connectivity index (χ2n) is 5.26. The Morgan fingerprint density at radius 1 is 1.31 bits per heavy atom. The molecule has 136 valence electrons. The fraction of sp³-hybridized carbons (Fsp3) is 0.158. The van der Waals surface area contributed by atoms with Crippen molar-refractivity contribution in [3.8, 4) is 11.5 Å². The van der Waals surface area contributed by atoms with Crippen molar-refractivity contribution in [3.05, 3.63) is 64.7 Å². The van der Waals surface area contributed by atoms with Crippen molar-refractivity contribution in [2.45, 2.75) is 6.92 Å². The van der Waals surface area contributed by atoms with Crippen LogP contribution in [0, 0.1) is 6.92 Å². The van der Waals surface area contributed by atoms with E-state index >= 15 is 0 Å². The summed E-state index contributed by atoms with van der Waals surface area (Å²) in [5.41, 5.74) is 4.85. The van der Waals surface area contributed by atoms with Crippen LogP contribution < -0.4 is 20.2 Å². The van der Waals surface area contributed by atoms with E-state index in [2.05, 4.69) is 38.4 Å². The smallest absolute Gasteiger partial charge is 0.339 e. The molecule has 6 nitrogen and oxygen atoms in total. The Kier molecular flexibility index (Phi) is 7.23. The van der Waals surface area contributed by atoms with Gasteiger partial charge in [-0.1, -0.05) is 30.9 Å². The van der Waals surface area contributed by atoms with Crippen LogP contribution in [0.3, 0.4) is 0 Å². The predicted molar refractivity (Wildman–Crippen MR) is 107 cm³/mol. The number of urea groups is 1. The molecular formula is C19H20BrN3O3. The predicted octanol–water partition coefficient (Wildman–Crippen LogP) is 4.49. The highest BCUT2D eigenvalue weighted by molar-refractivity contribution is 9.10. The number of aryl methyl sites for hydroxylation is 1. The Morgan fingerprint density at radius 3 is 2.77 bits per heavy atom. The fourth-order valence-electron chi connectivity index (χ4n) is 2.09. The van der Waals surface area contributed by atoms with Gasteiger partial charge in [0.1, 0.15) is 6.61 Å². The van der Waals surface area contributed by atoms with Crippen LogP contribution in [0.2, 0.25) is 0 Å². The van der Waals surface area contributed by atoms with Crippen molar-refractivity contribution in [1.82, 2.24) is 5.43 Å². The second-order valence-corrected chi connectivity index (χ2v) is 6.12. The minimum Gasteiger partial charge on any atom is -0.493 e. The number of nitrogens with zero attached hydrogens (tertiary/aromatic N) is 1. The van der Waals surface area contributed by atoms with Crippen molar-refractivity contribution in [3.63, 3.8) is 0 Å². The molecular weight excluding hydrogens is 398 g/mol. The van der Waals surface area contributed by atoms with Crippen LogP contribution >= 0.6 is 15.9 Å². The molecule has 0 fully saturated rings. The molecule has 2 aromatic carbocycles. The number of ether oxygens (including phenoxy) is 2. The third-order valence-corrected chi connectivity index (χ3v) is 4.09. The van der Waals surface area contributed by atoms with Crippen LogP contribution in [0.1, 0.15) is 11.1 Å². The van der Waals surface area contributed by atoms with Crippen molar-refractivity contribution < 1.29 is 14.3 Å². The van der Waals surface area contributed by atoms with Gasteiger partial charge in [-0.25, -0.2) is 10.2 Å². The third-order valence-electron chi connectivity index (χ3n) is 3.40. The normalized spacial score (nSPS) is 10.4. The third kappa shape index (κ3) is 5.35. The molecule has 0 saturated carbocycles. The average Bonchev–Trinajstić information content (AvgIpc) is 2.63. The van der Waals surface area contributed by atoms with E-state index in [1.807, 2.05) is 31.2 Å². The molecule has 2 rings (SSSR count). The van der Waals surface area contributed by atoms with Crippen molar-refractivity contribution in [2.24, 2.45) is 5.10 Å². The summed E-state index contributed by atoms with van der Waals surface area (Å²) >= 11 is 3.45. The highest BCUT2D eigenvalue weighted by Crippen LogP contribution is 2.32. The van der Waals surface area contributed by atoms with Crippen LogP contribution in [0.5, 0.6) is 11.5 Å². The number of nitrogens with one attached hydrogen (secondary N) is 2. The number of hydrogen-bond acceptors (Lipinski definition) is 4. The topological polar surface area (TPSA) is 72.0 Å². The zero-order chi connectivity index (χ0) is 18.9. The van der Waals surface area contributed by atoms with Gasteiger partial charge in [0.15, 0.2) is 11.5 Å². The standard InChI is InChI=1S/C19H20BrN3O3/c1-4-9-26-18-11-15(20)14(10-17(18)25-3)12-21-23-19(24)22-16-8-6-5-7-13(16)2/h4-8,10-12H,1,9H2,2-3H3,(H2,22,23,24). The highest BCUT2D eigenvalue weighted by Gasteiger charge is 2.09. The van der Waals surface area contributed by atoms with Gasteiger partial charge in [-0.3, -0.25) is 0 Å². The Hall–Kier alpha value is -2.80. The van der Waals surface area contributed by atoms with Crippen LogP contribution in [-0.4, -0.2) is 26.0 Å². The molecule has 0 heterocycles. The van der Waals surface area contributed by atoms with E-state index in [4.69, 9.17) is 9.47 Å². The van der Waals surface area contributed by atoms with E-state index in [1.54, 1.807) is 25.3 Å². The zero-order valence-electron chi connectivity index (χ0n) is 14.6. The summed E-state index contributed by atoms with van der Waals surface area (Å²) in [6, 6.07) is 10.6. The van der Waals surface area contributed by atoms with Gasteiger partial charge in [-0.05, 0) is 46.6 Å². The number of hydrogen-bond donors (Lipinski definition) is 2. The Labute approximate surface area is 161 Å². The minimum absolute atomic E-state index is 0.372. The summed E-state index contributed by atoms with van der Waals surface area (Å²) in [4.78, 5) is 11.9. The highest BCUT2D eigenvalue weighted by atomic mass is 79.9. The number of amides is 2. The molecule has 7 heteroatoms. The number of carbonyl (C=O) groups excluding carboxylic acids is 1. The first-order valence-electron chi connectivity index (χ1n) is 7.82. The number of benzene rings is 2. The number of anilines is 1. The maximum Gasteiger partial charge on any atom is 0.339 e. The van der Waals surface area contributed by atoms with E-state index in [-0.39, 0.29) is 0 Å². The average molecular weight is 418 g/mol. The molecule has 0 aromatic heterocycles. The molecule has 0 bridgehead atoms. The molecule has 0 unspecified atom stereocenters. The van der Waals surface area contributed by atoms with Crippen LogP contribution in [-0.2, 0) is 0 Å². The first-order chi connectivity index (χ1) is 12.5. The molecule has 2 amide bonds. The van der Waals surface area contributed by atoms with Crippen LogP contribution in [0.4, 0.5) is 10.5 Å². The lowest BCUT2D eigenvalue weighted by atomic mass is 10.2. The summed E-state index contributed by atoms with van der Waals surface area (Å²) in [6.07, 6.45) is 3.17. The first-order valence-corrected chi connectivity index (χ1v) is 8.61. The summed E-state index contributed by atoms with van der Waals surface area (Å²) in [6.45, 7) is 5.91. The summed E-state index contributed by atoms with van der Waals surface area (Å²) in [5, 5.41) is 6.70. The molecule has 26 heavy (non-hydrogen) atoms. The summed E-state index contributed by atoms with van der Waals surface area (Å²) in [7, 11) is 1.55. The van der Waals surface area contributed by atoms with Crippen molar-refractivity contribution in [2.75, 3.05) is 19.0 Å². The van der Waals surface area contributed by atoms with Gasteiger partial charge in [0.2, 0.25) is 0 Å². The largest absolute Gasteiger partial charge is 0.493 e. The lowest BCUT2D eigenvalue weighted by Gasteiger charge is -2.11. The van der Waals surface area contributed by atoms with E-state index < -0.39 is 6.03 Å². The zero-order valence-corrected chi connectivity index (χ0v) is 16.2. The monoisotopic (exact) mass is 417 g/mol. The Morgan fingerprint density at radius 2 is 2.08 bits per heavy atom. The number of para-hydroxylation sites is 1. The number of rotatable bonds is 7. The molecule has 0 spiro atoms. The van der Waals surface area contributed by atoms with E-state index in [9.17, 15) is 4.79 Å². The van der Waals surface area contributed by atoms with Crippen LogP contribution in [0.25, 0.3) is 0 Å². The fourth-order valence-corrected chi connectivity index (χ4v) is 2.52. The molecule has 0 saturated heterocycles. The van der Waals surface area contributed by atoms with Gasteiger partial charge in [0, 0.05) is 15.7 Å². The van der Waals surface area contributed by atoms with E-state index in [0.717, 1.165) is 21.3 Å². The van der Waals surface area contributed by atoms with Gasteiger partial charge in [-0.2, -0.15) is 5.10 Å². The van der Waals surface area contributed by atoms with Crippen molar-refractivity contribution in [1.29, 1.82) is 0 Å². The number of halogens is 1. The molecule has 2 aromatic rings. The lowest BCUT2D eigenvalue weighted by molar-refractivity contribution is 0.252. The maximum atomic E-state index is 11.9. The molecule has 0 aliphatic rings. The maximum absolute atomic E-state index is 11.9. The SMILES string of the molecule is C=CCOc1cc(Br)c(C=NNC(=O)Nc2ccccc2C)cc1OC. The summed E-state index contributed by atoms with van der Waals surface area (Å²) < 4.78 is 11.6. The molecule has 2 N–H and O–H groups in total. The number of carbonyl (C=O) groups is 1. The van der Waals surface area contributed by atoms with E-state index in [1.165, 1.54) is 6.21 Å². The molecule has 0 aliphatic carbocycles. The quantitative estimate of drug-likeness (QED) is 0.396. The van der Waals surface area contributed by atoms with Gasteiger partial charge in [-0.15, -0.1) is 0 Å². The second kappa shape index (κ2) is 9.62. The van der Waals surface area contributed by atoms with Crippen LogP contribution in [0.15, 0.2) is 58.6 Å². The van der Waals surface area contributed by atoms with Gasteiger partial charge in [0.05, 0.1) is 13.3 Å². The van der Waals surface area contributed by atoms with E-state index in [0.29, 0.717) is 18.1 Å². The van der Waals surface area contributed by atoms with Gasteiger partial charge in [0.25, 0.3) is 0 Å². The molecule has 0 radical (unpaired) electrons. The minimum atomic E-state index is -0.426. The van der Waals surface area contributed by atoms with Gasteiger partial charge < -0.3 is 14.8 Å². The van der Waals surface area contributed by atoms with Crippen molar-refractivity contribution >= 4 is 33.9 Å². The summed E-state index contributed by atoms with van der Waals surface area (Å²) in [5.74, 6) is 1.14. The lowest BCUT2D eigenvalue weighted by Crippen LogP contribution is -2.24. The molecule has 0 atom stereocenters. The molecule has 0 aliphatic heterocycles. The first kappa shape index (κ1) is 19.5. The Bertz CT molecular complexity index is 822. The number of hydrazone groups is 1. The number of methoxy groups -OCH3 is 1.